The smallest absolute Gasteiger partial charge is 0.317 e. The third-order valence-corrected chi connectivity index (χ3v) is 4.23. The van der Waals surface area contributed by atoms with Crippen molar-refractivity contribution in [3.63, 3.8) is 0 Å². The van der Waals surface area contributed by atoms with Gasteiger partial charge in [-0.2, -0.15) is 0 Å². The Balaban J connectivity index is 2.40. The summed E-state index contributed by atoms with van der Waals surface area (Å²) in [5, 5.41) is 0. The predicted molar refractivity (Wildman–Crippen MR) is 61.5 cm³/mol. The number of methoxy groups -OCH3 is 1. The van der Waals surface area contributed by atoms with Crippen molar-refractivity contribution in [1.29, 1.82) is 0 Å². The molecule has 0 aromatic carbocycles. The molecular weight excluding hydrogens is 252 g/mol. The van der Waals surface area contributed by atoms with E-state index in [4.69, 9.17) is 9.47 Å². The highest BCUT2D eigenvalue weighted by Crippen LogP contribution is 2.49. The summed E-state index contributed by atoms with van der Waals surface area (Å²) in [6.07, 6.45) is 1.38. The van der Waals surface area contributed by atoms with E-state index < -0.39 is 47.5 Å². The van der Waals surface area contributed by atoms with Gasteiger partial charge < -0.3 is 14.3 Å². The summed E-state index contributed by atoms with van der Waals surface area (Å²) >= 11 is 0. The summed E-state index contributed by atoms with van der Waals surface area (Å²) in [6, 6.07) is 0. The maximum Gasteiger partial charge on any atom is 0.317 e. The topological polar surface area (TPSA) is 86.7 Å². The van der Waals surface area contributed by atoms with Crippen LogP contribution in [0.25, 0.3) is 0 Å². The SMILES string of the molecule is CCC1C(=O)OC(=O)C2C(C=O)CC(C(=O)OC)C12. The van der Waals surface area contributed by atoms with Crippen molar-refractivity contribution in [3.05, 3.63) is 0 Å². The molecule has 2 aliphatic rings. The fourth-order valence-corrected chi connectivity index (χ4v) is 3.38. The van der Waals surface area contributed by atoms with Gasteiger partial charge >= 0.3 is 17.9 Å². The Labute approximate surface area is 110 Å². The maximum absolute atomic E-state index is 11.8. The van der Waals surface area contributed by atoms with Crippen LogP contribution in [-0.2, 0) is 28.7 Å². The molecule has 1 saturated carbocycles. The van der Waals surface area contributed by atoms with E-state index in [0.29, 0.717) is 12.7 Å². The molecule has 5 unspecified atom stereocenters. The third-order valence-electron chi connectivity index (χ3n) is 4.23. The number of rotatable bonds is 3. The largest absolute Gasteiger partial charge is 0.469 e. The number of hydrogen-bond acceptors (Lipinski definition) is 6. The van der Waals surface area contributed by atoms with E-state index in [9.17, 15) is 19.2 Å². The molecule has 0 N–H and O–H groups in total. The van der Waals surface area contributed by atoms with Gasteiger partial charge in [-0.05, 0) is 18.8 Å². The lowest BCUT2D eigenvalue weighted by Crippen LogP contribution is -2.45. The van der Waals surface area contributed by atoms with Gasteiger partial charge in [0.25, 0.3) is 0 Å². The number of cyclic esters (lactones) is 2. The van der Waals surface area contributed by atoms with E-state index in [1.165, 1.54) is 7.11 Å². The van der Waals surface area contributed by atoms with Crippen LogP contribution in [0.1, 0.15) is 19.8 Å². The highest BCUT2D eigenvalue weighted by Gasteiger charge is 2.58. The van der Waals surface area contributed by atoms with Gasteiger partial charge in [0.15, 0.2) is 0 Å². The molecule has 1 saturated heterocycles. The number of aldehydes is 1. The van der Waals surface area contributed by atoms with Crippen molar-refractivity contribution in [3.8, 4) is 0 Å². The molecule has 0 aromatic heterocycles. The molecule has 104 valence electrons. The van der Waals surface area contributed by atoms with E-state index in [1.807, 2.05) is 0 Å². The minimum atomic E-state index is -0.704. The second-order valence-electron chi connectivity index (χ2n) is 5.02. The van der Waals surface area contributed by atoms with Crippen LogP contribution in [0.3, 0.4) is 0 Å². The van der Waals surface area contributed by atoms with Crippen LogP contribution < -0.4 is 0 Å². The Morgan fingerprint density at radius 2 is 2.11 bits per heavy atom. The average molecular weight is 268 g/mol. The molecular formula is C13H16O6. The summed E-state index contributed by atoms with van der Waals surface area (Å²) in [7, 11) is 1.26. The summed E-state index contributed by atoms with van der Waals surface area (Å²) in [6.45, 7) is 1.79. The Bertz CT molecular complexity index is 429. The molecule has 1 aliphatic heterocycles. The van der Waals surface area contributed by atoms with E-state index in [1.54, 1.807) is 6.92 Å². The summed E-state index contributed by atoms with van der Waals surface area (Å²) in [5.41, 5.74) is 0. The van der Waals surface area contributed by atoms with Gasteiger partial charge in [-0.3, -0.25) is 14.4 Å². The molecule has 0 spiro atoms. The lowest BCUT2D eigenvalue weighted by atomic mass is 9.75. The highest BCUT2D eigenvalue weighted by atomic mass is 16.6. The molecule has 0 amide bonds. The van der Waals surface area contributed by atoms with E-state index in [0.717, 1.165) is 0 Å². The zero-order chi connectivity index (χ0) is 14.2. The molecule has 1 heterocycles. The minimum Gasteiger partial charge on any atom is -0.469 e. The lowest BCUT2D eigenvalue weighted by Gasteiger charge is -2.33. The molecule has 1 aliphatic carbocycles. The van der Waals surface area contributed by atoms with Crippen LogP contribution in [0.4, 0.5) is 0 Å². The van der Waals surface area contributed by atoms with Crippen LogP contribution in [0.15, 0.2) is 0 Å². The fourth-order valence-electron chi connectivity index (χ4n) is 3.38. The fraction of sp³-hybridized carbons (Fsp3) is 0.692. The normalized spacial score (nSPS) is 37.5. The monoisotopic (exact) mass is 268 g/mol. The minimum absolute atomic E-state index is 0.240. The van der Waals surface area contributed by atoms with Crippen LogP contribution >= 0.6 is 0 Å². The maximum atomic E-state index is 11.8. The van der Waals surface area contributed by atoms with E-state index in [2.05, 4.69) is 0 Å². The van der Waals surface area contributed by atoms with Crippen LogP contribution in [0.5, 0.6) is 0 Å². The van der Waals surface area contributed by atoms with Gasteiger partial charge in [0, 0.05) is 5.92 Å². The first-order chi connectivity index (χ1) is 9.04. The number of carbonyl (C=O) groups is 4. The van der Waals surface area contributed by atoms with Crippen molar-refractivity contribution in [1.82, 2.24) is 0 Å². The van der Waals surface area contributed by atoms with Crippen LogP contribution in [-0.4, -0.2) is 31.3 Å². The van der Waals surface area contributed by atoms with Gasteiger partial charge in [-0.1, -0.05) is 6.92 Å². The summed E-state index contributed by atoms with van der Waals surface area (Å²) < 4.78 is 9.43. The van der Waals surface area contributed by atoms with Crippen molar-refractivity contribution in [2.75, 3.05) is 7.11 Å². The summed E-state index contributed by atoms with van der Waals surface area (Å²) in [4.78, 5) is 46.5. The van der Waals surface area contributed by atoms with Crippen molar-refractivity contribution in [2.24, 2.45) is 29.6 Å². The molecule has 0 bridgehead atoms. The molecule has 0 aromatic rings. The first-order valence-corrected chi connectivity index (χ1v) is 6.33. The van der Waals surface area contributed by atoms with Gasteiger partial charge in [-0.15, -0.1) is 0 Å². The van der Waals surface area contributed by atoms with E-state index >= 15 is 0 Å². The first-order valence-electron chi connectivity index (χ1n) is 6.33. The molecule has 2 fully saturated rings. The molecule has 2 rings (SSSR count). The van der Waals surface area contributed by atoms with Crippen molar-refractivity contribution < 1.29 is 28.7 Å². The Kier molecular flexibility index (Phi) is 3.68. The molecule has 6 nitrogen and oxygen atoms in total. The van der Waals surface area contributed by atoms with Gasteiger partial charge in [-0.25, -0.2) is 0 Å². The Hall–Kier alpha value is -1.72. The van der Waals surface area contributed by atoms with Gasteiger partial charge in [0.05, 0.1) is 24.9 Å². The Morgan fingerprint density at radius 1 is 1.42 bits per heavy atom. The highest BCUT2D eigenvalue weighted by molar-refractivity contribution is 5.94. The Morgan fingerprint density at radius 3 is 2.63 bits per heavy atom. The quantitative estimate of drug-likeness (QED) is 0.416. The first kappa shape index (κ1) is 13.7. The van der Waals surface area contributed by atoms with Gasteiger partial charge in [0.1, 0.15) is 6.29 Å². The van der Waals surface area contributed by atoms with Gasteiger partial charge in [0.2, 0.25) is 0 Å². The lowest BCUT2D eigenvalue weighted by molar-refractivity contribution is -0.178. The molecule has 19 heavy (non-hydrogen) atoms. The van der Waals surface area contributed by atoms with E-state index in [-0.39, 0.29) is 6.42 Å². The second-order valence-corrected chi connectivity index (χ2v) is 5.02. The van der Waals surface area contributed by atoms with Crippen molar-refractivity contribution >= 4 is 24.2 Å². The zero-order valence-corrected chi connectivity index (χ0v) is 10.8. The molecule has 0 radical (unpaired) electrons. The van der Waals surface area contributed by atoms with Crippen molar-refractivity contribution in [2.45, 2.75) is 19.8 Å². The number of hydrogen-bond donors (Lipinski definition) is 0. The number of ether oxygens (including phenoxy) is 2. The zero-order valence-electron chi connectivity index (χ0n) is 10.8. The number of esters is 3. The summed E-state index contributed by atoms with van der Waals surface area (Å²) in [5.74, 6) is -4.66. The van der Waals surface area contributed by atoms with Crippen LogP contribution in [0.2, 0.25) is 0 Å². The number of fused-ring (bicyclic) bond motifs is 1. The molecule has 5 atom stereocenters. The standard InChI is InChI=1S/C13H16O6/c1-3-7-10-8(11(15)18-2)4-6(5-14)9(10)13(17)19-12(7)16/h5-10H,3-4H2,1-2H3. The second kappa shape index (κ2) is 5.11. The number of carbonyl (C=O) groups excluding carboxylic acids is 4. The van der Waals surface area contributed by atoms with Crippen LogP contribution in [0, 0.1) is 29.6 Å². The molecule has 6 heteroatoms. The predicted octanol–water partition coefficient (Wildman–Crippen LogP) is 0.336. The third kappa shape index (κ3) is 2.05. The average Bonchev–Trinajstić information content (AvgIpc) is 2.78.